The smallest absolute Gasteiger partial charge is 0.159 e. The van der Waals surface area contributed by atoms with E-state index in [2.05, 4.69) is 17.1 Å². The second kappa shape index (κ2) is 11.5. The molecule has 210 valence electrons. The number of fused-ring (bicyclic) bond motifs is 4. The summed E-state index contributed by atoms with van der Waals surface area (Å²) in [4.78, 5) is 15.1. The molecule has 1 N–H and O–H groups in total. The summed E-state index contributed by atoms with van der Waals surface area (Å²) in [5.74, 6) is 3.12. The first-order valence-corrected chi connectivity index (χ1v) is 15.4. The van der Waals surface area contributed by atoms with Crippen LogP contribution in [0.1, 0.15) is 91.4 Å². The molecule has 38 heavy (non-hydrogen) atoms. The Kier molecular flexibility index (Phi) is 8.52. The largest absolute Gasteiger partial charge is 0.390 e. The molecule has 3 fully saturated rings. The van der Waals surface area contributed by atoms with Crippen LogP contribution >= 0.6 is 11.6 Å². The molecule has 1 aromatic heterocycles. The zero-order chi connectivity index (χ0) is 26.9. The van der Waals surface area contributed by atoms with Gasteiger partial charge in [0.05, 0.1) is 5.60 Å². The van der Waals surface area contributed by atoms with E-state index in [1.54, 1.807) is 10.9 Å². The highest BCUT2D eigenvalue weighted by Gasteiger charge is 2.56. The van der Waals surface area contributed by atoms with Gasteiger partial charge in [-0.25, -0.2) is 0 Å². The summed E-state index contributed by atoms with van der Waals surface area (Å²) in [5.41, 5.74) is 1.03. The minimum Gasteiger partial charge on any atom is -0.390 e. The van der Waals surface area contributed by atoms with Crippen LogP contribution in [0.3, 0.4) is 0 Å². The summed E-state index contributed by atoms with van der Waals surface area (Å²) >= 11 is 6.10. The third-order valence-electron chi connectivity index (χ3n) is 10.4. The molecule has 0 amide bonds. The molecule has 0 spiro atoms. The second-order valence-electron chi connectivity index (χ2n) is 13.1. The van der Waals surface area contributed by atoms with Crippen LogP contribution in [0, 0.1) is 35.0 Å². The number of ketones is 1. The van der Waals surface area contributed by atoms with Crippen molar-refractivity contribution < 1.29 is 14.6 Å². The van der Waals surface area contributed by atoms with Crippen LogP contribution < -0.4 is 0 Å². The maximum absolute atomic E-state index is 13.6. The minimum atomic E-state index is -0.575. The van der Waals surface area contributed by atoms with E-state index in [-0.39, 0.29) is 23.7 Å². The van der Waals surface area contributed by atoms with E-state index in [1.165, 1.54) is 32.1 Å². The van der Waals surface area contributed by atoms with E-state index in [0.29, 0.717) is 16.9 Å². The molecule has 7 atom stereocenters. The number of ether oxygens (including phenoxy) is 1. The molecule has 0 radical (unpaired) electrons. The molecular formula is C31H46ClN3O3. The maximum Gasteiger partial charge on any atom is 0.159 e. The van der Waals surface area contributed by atoms with Crippen LogP contribution in [0.25, 0.3) is 11.0 Å². The molecule has 0 unspecified atom stereocenters. The molecule has 7 heteroatoms. The number of aliphatic hydroxyl groups is 1. The predicted octanol–water partition coefficient (Wildman–Crippen LogP) is 6.86. The molecule has 6 nitrogen and oxygen atoms in total. The van der Waals surface area contributed by atoms with Crippen LogP contribution in [-0.2, 0) is 16.1 Å². The van der Waals surface area contributed by atoms with Crippen molar-refractivity contribution in [1.82, 2.24) is 15.0 Å². The Balaban J connectivity index is 1.16. The molecule has 3 aliphatic rings. The van der Waals surface area contributed by atoms with Gasteiger partial charge < -0.3 is 9.84 Å². The van der Waals surface area contributed by atoms with E-state index in [1.807, 2.05) is 26.0 Å². The van der Waals surface area contributed by atoms with Crippen LogP contribution in [-0.4, -0.2) is 44.7 Å². The topological polar surface area (TPSA) is 77.2 Å². The van der Waals surface area contributed by atoms with E-state index >= 15 is 0 Å². The lowest BCUT2D eigenvalue weighted by Gasteiger charge is -2.52. The Hall–Kier alpha value is -1.50. The van der Waals surface area contributed by atoms with Crippen molar-refractivity contribution in [2.45, 2.75) is 104 Å². The molecule has 0 bridgehead atoms. The Morgan fingerprint density at radius 2 is 2.00 bits per heavy atom. The van der Waals surface area contributed by atoms with Gasteiger partial charge in [-0.2, -0.15) is 15.0 Å². The van der Waals surface area contributed by atoms with Gasteiger partial charge in [-0.1, -0.05) is 24.9 Å². The van der Waals surface area contributed by atoms with Crippen molar-refractivity contribution in [1.29, 1.82) is 0 Å². The molecule has 1 heterocycles. The second-order valence-corrected chi connectivity index (χ2v) is 13.5. The fraction of sp³-hybridized carbons (Fsp3) is 0.774. The summed E-state index contributed by atoms with van der Waals surface area (Å²) in [7, 11) is 0. The summed E-state index contributed by atoms with van der Waals surface area (Å²) in [6, 6.07) is 5.47. The van der Waals surface area contributed by atoms with Crippen molar-refractivity contribution in [3.8, 4) is 0 Å². The van der Waals surface area contributed by atoms with E-state index in [4.69, 9.17) is 16.3 Å². The zero-order valence-electron chi connectivity index (χ0n) is 23.5. The molecule has 1 aromatic carbocycles. The molecule has 0 saturated heterocycles. The first-order valence-electron chi connectivity index (χ1n) is 15.0. The van der Waals surface area contributed by atoms with Gasteiger partial charge in [-0.05, 0) is 125 Å². The maximum atomic E-state index is 13.6. The monoisotopic (exact) mass is 543 g/mol. The van der Waals surface area contributed by atoms with Crippen molar-refractivity contribution in [3.63, 3.8) is 0 Å². The number of Topliss-reactive ketones (excluding diaryl/α,β-unsaturated/α-hetero) is 1. The number of hydrogen-bond acceptors (Lipinski definition) is 5. The summed E-state index contributed by atoms with van der Waals surface area (Å²) in [6.45, 7) is 8.28. The summed E-state index contributed by atoms with van der Waals surface area (Å²) in [6.07, 6.45) is 12.1. The van der Waals surface area contributed by atoms with Crippen LogP contribution in [0.5, 0.6) is 0 Å². The minimum absolute atomic E-state index is 0.0903. The summed E-state index contributed by atoms with van der Waals surface area (Å²) < 4.78 is 5.45. The van der Waals surface area contributed by atoms with E-state index in [9.17, 15) is 9.90 Å². The zero-order valence-corrected chi connectivity index (χ0v) is 24.3. The van der Waals surface area contributed by atoms with Crippen LogP contribution in [0.4, 0.5) is 0 Å². The Morgan fingerprint density at radius 1 is 1.18 bits per heavy atom. The van der Waals surface area contributed by atoms with E-state index < -0.39 is 5.60 Å². The number of hydrogen-bond donors (Lipinski definition) is 1. The lowest BCUT2D eigenvalue weighted by atomic mass is 9.53. The molecule has 2 aromatic rings. The standard InChI is InChI=1S/C31H46ClN3O3/c1-4-38-16-6-5-14-30(2,37)19-21-7-9-24-22(17-21)13-15-31(3)25(24)10-11-26(31)29(36)20-35-33-27-12-8-23(32)18-28(27)34-35/h8,12,18,21-22,24-26,37H,4-7,9-11,13-17,19-20H2,1-3H3/t21-,22-,24-,25+,26-,30-,31+/m1/s1. The molecule has 5 rings (SSSR count). The van der Waals surface area contributed by atoms with Crippen LogP contribution in [0.15, 0.2) is 18.2 Å². The number of halogens is 1. The van der Waals surface area contributed by atoms with Crippen molar-refractivity contribution in [2.24, 2.45) is 35.0 Å². The van der Waals surface area contributed by atoms with Gasteiger partial charge in [0.15, 0.2) is 5.78 Å². The van der Waals surface area contributed by atoms with Gasteiger partial charge in [0, 0.05) is 24.2 Å². The number of benzene rings is 1. The fourth-order valence-corrected chi connectivity index (χ4v) is 8.78. The van der Waals surface area contributed by atoms with Gasteiger partial charge in [0.1, 0.15) is 17.6 Å². The molecular weight excluding hydrogens is 498 g/mol. The Bertz CT molecular complexity index is 1120. The number of carbonyl (C=O) groups excluding carboxylic acids is 1. The third-order valence-corrected chi connectivity index (χ3v) is 10.6. The highest BCUT2D eigenvalue weighted by atomic mass is 35.5. The number of aromatic nitrogens is 3. The predicted molar refractivity (Wildman–Crippen MR) is 151 cm³/mol. The number of unbranched alkanes of at least 4 members (excludes halogenated alkanes) is 1. The van der Waals surface area contributed by atoms with Gasteiger partial charge in [-0.15, -0.1) is 0 Å². The number of nitrogens with zero attached hydrogens (tertiary/aromatic N) is 3. The van der Waals surface area contributed by atoms with Gasteiger partial charge in [-0.3, -0.25) is 4.79 Å². The van der Waals surface area contributed by atoms with Crippen molar-refractivity contribution in [3.05, 3.63) is 23.2 Å². The van der Waals surface area contributed by atoms with Crippen molar-refractivity contribution in [2.75, 3.05) is 13.2 Å². The average Bonchev–Trinajstić information content (AvgIpc) is 3.43. The quantitative estimate of drug-likeness (QED) is 0.313. The van der Waals surface area contributed by atoms with Crippen LogP contribution in [0.2, 0.25) is 5.02 Å². The first kappa shape index (κ1) is 28.0. The highest BCUT2D eigenvalue weighted by molar-refractivity contribution is 6.31. The molecule has 3 aliphatic carbocycles. The number of carbonyl (C=O) groups is 1. The molecule has 0 aliphatic heterocycles. The van der Waals surface area contributed by atoms with Gasteiger partial charge in [0.25, 0.3) is 0 Å². The fourth-order valence-electron chi connectivity index (χ4n) is 8.61. The van der Waals surface area contributed by atoms with Gasteiger partial charge in [0.2, 0.25) is 0 Å². The first-order chi connectivity index (χ1) is 18.2. The summed E-state index contributed by atoms with van der Waals surface area (Å²) in [5, 5.41) is 20.8. The number of rotatable bonds is 11. The van der Waals surface area contributed by atoms with E-state index in [0.717, 1.165) is 74.6 Å². The average molecular weight is 544 g/mol. The lowest BCUT2D eigenvalue weighted by Crippen LogP contribution is -2.46. The SMILES string of the molecule is CCOCCCC[C@@](C)(O)C[C@@H]1CC[C@@H]2[C@H](CC[C@]3(C)[C@@H](C(=O)Cn4nc5ccc(Cl)cc5n4)CC[C@@H]23)C1. The Labute approximate surface area is 232 Å². The molecule has 3 saturated carbocycles. The third kappa shape index (κ3) is 5.97. The Morgan fingerprint density at radius 3 is 2.82 bits per heavy atom. The normalized spacial score (nSPS) is 32.6. The van der Waals surface area contributed by atoms with Crippen molar-refractivity contribution >= 4 is 28.4 Å². The highest BCUT2D eigenvalue weighted by Crippen LogP contribution is 2.62. The lowest BCUT2D eigenvalue weighted by molar-refractivity contribution is -0.130. The van der Waals surface area contributed by atoms with Gasteiger partial charge >= 0.3 is 0 Å².